The van der Waals surface area contributed by atoms with Crippen molar-refractivity contribution in [1.29, 1.82) is 0 Å². The first-order chi connectivity index (χ1) is 13.4. The van der Waals surface area contributed by atoms with Gasteiger partial charge in [0.1, 0.15) is 27.1 Å². The number of benzene rings is 1. The third-order valence-corrected chi connectivity index (χ3v) is 9.04. The highest BCUT2D eigenvalue weighted by Gasteiger charge is 2.59. The van der Waals surface area contributed by atoms with Gasteiger partial charge in [-0.05, 0) is 62.5 Å². The van der Waals surface area contributed by atoms with Crippen molar-refractivity contribution in [2.75, 3.05) is 6.26 Å². The second-order valence-electron chi connectivity index (χ2n) is 9.01. The second-order valence-corrected chi connectivity index (χ2v) is 11.7. The Labute approximate surface area is 173 Å². The molecule has 0 radical (unpaired) electrons. The molecule has 29 heavy (non-hydrogen) atoms. The van der Waals surface area contributed by atoms with E-state index in [1.54, 1.807) is 0 Å². The van der Waals surface area contributed by atoms with E-state index in [1.165, 1.54) is 0 Å². The second kappa shape index (κ2) is 6.87. The minimum Gasteiger partial charge on any atom is -0.348 e. The molecule has 3 aliphatic rings. The zero-order valence-electron chi connectivity index (χ0n) is 16.0. The van der Waals surface area contributed by atoms with Crippen LogP contribution in [0.4, 0.5) is 13.2 Å². The minimum absolute atomic E-state index is 0.132. The van der Waals surface area contributed by atoms with Gasteiger partial charge in [-0.1, -0.05) is 11.6 Å². The smallest absolute Gasteiger partial charge is 0.223 e. The average molecular weight is 450 g/mol. The normalized spacial score (nSPS) is 34.7. The highest BCUT2D eigenvalue weighted by atomic mass is 35.5. The molecule has 3 fully saturated rings. The largest absolute Gasteiger partial charge is 0.348 e. The number of fused-ring (bicyclic) bond motifs is 2. The van der Waals surface area contributed by atoms with Crippen molar-refractivity contribution < 1.29 is 26.4 Å². The van der Waals surface area contributed by atoms with E-state index in [2.05, 4.69) is 5.32 Å². The van der Waals surface area contributed by atoms with E-state index in [0.29, 0.717) is 25.7 Å². The van der Waals surface area contributed by atoms with Crippen LogP contribution in [-0.2, 0) is 14.6 Å². The van der Waals surface area contributed by atoms with Crippen molar-refractivity contribution in [2.24, 2.45) is 11.3 Å². The van der Waals surface area contributed by atoms with Crippen molar-refractivity contribution in [3.63, 3.8) is 0 Å². The van der Waals surface area contributed by atoms with Crippen LogP contribution in [-0.4, -0.2) is 31.5 Å². The van der Waals surface area contributed by atoms with Crippen LogP contribution < -0.4 is 5.32 Å². The summed E-state index contributed by atoms with van der Waals surface area (Å²) < 4.78 is 67.6. The zero-order valence-corrected chi connectivity index (χ0v) is 17.6. The molecule has 0 aromatic heterocycles. The van der Waals surface area contributed by atoms with Crippen LogP contribution in [0.2, 0.25) is 5.02 Å². The third kappa shape index (κ3) is 3.56. The third-order valence-electron chi connectivity index (χ3n) is 7.15. The van der Waals surface area contributed by atoms with Crippen LogP contribution in [0.25, 0.3) is 0 Å². The van der Waals surface area contributed by atoms with E-state index in [9.17, 15) is 26.4 Å². The van der Waals surface area contributed by atoms with Crippen LogP contribution in [0.5, 0.6) is 0 Å². The van der Waals surface area contributed by atoms with Crippen LogP contribution >= 0.6 is 11.6 Å². The van der Waals surface area contributed by atoms with Gasteiger partial charge < -0.3 is 5.32 Å². The predicted molar refractivity (Wildman–Crippen MR) is 103 cm³/mol. The van der Waals surface area contributed by atoms with Gasteiger partial charge in [0.2, 0.25) is 5.91 Å². The molecule has 1 atom stereocenters. The van der Waals surface area contributed by atoms with Crippen molar-refractivity contribution in [3.8, 4) is 0 Å². The van der Waals surface area contributed by atoms with E-state index >= 15 is 0 Å². The Hall–Kier alpha value is -1.28. The fourth-order valence-corrected chi connectivity index (χ4v) is 6.63. The number of amides is 1. The number of hydrogen-bond acceptors (Lipinski definition) is 3. The van der Waals surface area contributed by atoms with Crippen molar-refractivity contribution in [3.05, 3.63) is 34.4 Å². The highest BCUT2D eigenvalue weighted by Crippen LogP contribution is 2.63. The molecule has 4 nitrogen and oxygen atoms in total. The molecule has 2 bridgehead atoms. The first-order valence-electron chi connectivity index (χ1n) is 9.76. The van der Waals surface area contributed by atoms with Gasteiger partial charge in [-0.3, -0.25) is 4.79 Å². The first-order valence-corrected chi connectivity index (χ1v) is 12.1. The molecular weight excluding hydrogens is 427 g/mol. The van der Waals surface area contributed by atoms with Crippen molar-refractivity contribution in [2.45, 2.75) is 61.9 Å². The summed E-state index contributed by atoms with van der Waals surface area (Å²) in [6.45, 7) is 0. The van der Waals surface area contributed by atoms with Gasteiger partial charge in [0.25, 0.3) is 0 Å². The molecular formula is C20H23ClF3NO3S. The Morgan fingerprint density at radius 3 is 2.34 bits per heavy atom. The Morgan fingerprint density at radius 1 is 1.21 bits per heavy atom. The zero-order chi connectivity index (χ0) is 21.2. The lowest BCUT2D eigenvalue weighted by Crippen LogP contribution is -2.48. The number of sulfone groups is 1. The highest BCUT2D eigenvalue weighted by molar-refractivity contribution is 7.91. The topological polar surface area (TPSA) is 63.2 Å². The fraction of sp³-hybridized carbons (Fsp3) is 0.650. The average Bonchev–Trinajstić information content (AvgIpc) is 3.09. The van der Waals surface area contributed by atoms with Crippen molar-refractivity contribution >= 4 is 27.3 Å². The lowest BCUT2D eigenvalue weighted by atomic mass is 9.73. The molecule has 1 aromatic rings. The minimum atomic E-state index is -3.23. The molecule has 1 aromatic carbocycles. The molecule has 0 unspecified atom stereocenters. The van der Waals surface area contributed by atoms with Gasteiger partial charge in [-0.15, -0.1) is 0 Å². The molecule has 3 aliphatic carbocycles. The number of halogens is 4. The van der Waals surface area contributed by atoms with Gasteiger partial charge in [0.05, 0.1) is 16.3 Å². The summed E-state index contributed by atoms with van der Waals surface area (Å²) in [6, 6.07) is 1.11. The first kappa shape index (κ1) is 21.0. The van der Waals surface area contributed by atoms with E-state index in [1.807, 2.05) is 0 Å². The van der Waals surface area contributed by atoms with E-state index in [4.69, 9.17) is 11.6 Å². The maximum Gasteiger partial charge on any atom is 0.223 e. The SMILES string of the molecule is CS(=O)(=O)C1CC(C(=O)N[C@H](c2c(F)ccc(Cl)c2F)C23CCC(F)(CC2)C3)C1. The Kier molecular flexibility index (Phi) is 4.97. The molecule has 9 heteroatoms. The van der Waals surface area contributed by atoms with E-state index in [-0.39, 0.29) is 29.8 Å². The predicted octanol–water partition coefficient (Wildman–Crippen LogP) is 4.27. The Morgan fingerprint density at radius 2 is 1.83 bits per heavy atom. The number of alkyl halides is 1. The number of hydrogen-bond donors (Lipinski definition) is 1. The van der Waals surface area contributed by atoms with Gasteiger partial charge in [-0.2, -0.15) is 0 Å². The maximum atomic E-state index is 14.9. The summed E-state index contributed by atoms with van der Waals surface area (Å²) in [6.07, 6.45) is 3.03. The Bertz CT molecular complexity index is 954. The van der Waals surface area contributed by atoms with Gasteiger partial charge in [0.15, 0.2) is 0 Å². The van der Waals surface area contributed by atoms with Crippen LogP contribution in [0.3, 0.4) is 0 Å². The summed E-state index contributed by atoms with van der Waals surface area (Å²) in [7, 11) is -3.23. The van der Waals surface area contributed by atoms with Gasteiger partial charge in [-0.25, -0.2) is 21.6 Å². The lowest BCUT2D eigenvalue weighted by Gasteiger charge is -2.40. The maximum absolute atomic E-state index is 14.9. The fourth-order valence-electron chi connectivity index (χ4n) is 5.30. The molecule has 4 rings (SSSR count). The summed E-state index contributed by atoms with van der Waals surface area (Å²) in [5, 5.41) is 1.91. The standard InChI is InChI=1S/C20H23ClF3NO3S/c1-29(27,28)12-8-11(9-12)18(26)25-17(15-14(22)3-2-13(21)16(15)23)19-4-6-20(24,10-19)7-5-19/h2-3,11-12,17H,4-10H2,1H3,(H,25,26)/t11?,12?,17-,19?,20?/m1/s1. The molecule has 0 saturated heterocycles. The Balaban J connectivity index is 1.64. The number of nitrogens with one attached hydrogen (secondary N) is 1. The summed E-state index contributed by atoms with van der Waals surface area (Å²) in [5.41, 5.74) is -2.49. The quantitative estimate of drug-likeness (QED) is 0.683. The number of carbonyl (C=O) groups excluding carboxylic acids is 1. The molecule has 0 spiro atoms. The van der Waals surface area contributed by atoms with Crippen LogP contribution in [0.15, 0.2) is 12.1 Å². The monoisotopic (exact) mass is 449 g/mol. The van der Waals surface area contributed by atoms with E-state index in [0.717, 1.165) is 18.4 Å². The molecule has 1 N–H and O–H groups in total. The van der Waals surface area contributed by atoms with E-state index < -0.39 is 55.7 Å². The number of rotatable bonds is 5. The summed E-state index contributed by atoms with van der Waals surface area (Å²) >= 11 is 5.87. The van der Waals surface area contributed by atoms with Gasteiger partial charge in [0, 0.05) is 17.7 Å². The molecule has 3 saturated carbocycles. The summed E-state index contributed by atoms with van der Waals surface area (Å²) in [4.78, 5) is 12.8. The molecule has 1 amide bonds. The van der Waals surface area contributed by atoms with Gasteiger partial charge >= 0.3 is 0 Å². The molecule has 0 heterocycles. The molecule has 160 valence electrons. The van der Waals surface area contributed by atoms with Crippen LogP contribution in [0, 0.1) is 23.0 Å². The van der Waals surface area contributed by atoms with Crippen molar-refractivity contribution in [1.82, 2.24) is 5.32 Å². The summed E-state index contributed by atoms with van der Waals surface area (Å²) in [5.74, 6) is -2.78. The molecule has 0 aliphatic heterocycles. The lowest BCUT2D eigenvalue weighted by molar-refractivity contribution is -0.129. The van der Waals surface area contributed by atoms with Crippen LogP contribution in [0.1, 0.15) is 56.6 Å². The number of carbonyl (C=O) groups is 1.